The normalized spacial score (nSPS) is 12.1. The lowest BCUT2D eigenvalue weighted by Crippen LogP contribution is -2.28. The van der Waals surface area contributed by atoms with E-state index in [0.717, 1.165) is 11.8 Å². The fourth-order valence-electron chi connectivity index (χ4n) is 3.08. The van der Waals surface area contributed by atoms with Crippen LogP contribution in [0.15, 0.2) is 75.2 Å². The zero-order valence-corrected chi connectivity index (χ0v) is 18.7. The van der Waals surface area contributed by atoms with Crippen molar-refractivity contribution in [3.05, 3.63) is 87.0 Å². The molecule has 1 amide bonds. The van der Waals surface area contributed by atoms with Gasteiger partial charge < -0.3 is 9.73 Å². The number of fused-ring (bicyclic) bond motifs is 1. The molecule has 1 unspecified atom stereocenters. The van der Waals surface area contributed by atoms with E-state index < -0.39 is 0 Å². The molecule has 2 aromatic carbocycles. The number of furan rings is 1. The van der Waals surface area contributed by atoms with Gasteiger partial charge >= 0.3 is 0 Å². The Labute approximate surface area is 192 Å². The number of thioether (sulfide) groups is 1. The second kappa shape index (κ2) is 9.18. The molecule has 158 valence electrons. The van der Waals surface area contributed by atoms with Gasteiger partial charge in [0.05, 0.1) is 34.6 Å². The van der Waals surface area contributed by atoms with Gasteiger partial charge in [-0.3, -0.25) is 14.2 Å². The number of carbonyl (C=O) groups excluding carboxylic acids is 1. The molecule has 2 heterocycles. The SMILES string of the molecule is CC(NC(=O)CSc1nc2cc(Cl)ccc2c(=O)n1-c1ccc(Cl)cc1)c1ccco1. The summed E-state index contributed by atoms with van der Waals surface area (Å²) in [5, 5.41) is 4.71. The molecule has 0 aliphatic rings. The van der Waals surface area contributed by atoms with Gasteiger partial charge in [-0.15, -0.1) is 0 Å². The molecule has 9 heteroatoms. The first-order chi connectivity index (χ1) is 14.9. The van der Waals surface area contributed by atoms with Crippen LogP contribution in [0.5, 0.6) is 0 Å². The zero-order valence-electron chi connectivity index (χ0n) is 16.3. The van der Waals surface area contributed by atoms with Crippen molar-refractivity contribution in [1.29, 1.82) is 0 Å². The van der Waals surface area contributed by atoms with E-state index in [1.54, 1.807) is 60.9 Å². The first-order valence-corrected chi connectivity index (χ1v) is 11.1. The lowest BCUT2D eigenvalue weighted by molar-refractivity contribution is -0.119. The average molecular weight is 474 g/mol. The molecule has 0 bridgehead atoms. The highest BCUT2D eigenvalue weighted by molar-refractivity contribution is 7.99. The first kappa shape index (κ1) is 21.5. The molecular weight excluding hydrogens is 457 g/mol. The maximum absolute atomic E-state index is 13.2. The van der Waals surface area contributed by atoms with Crippen molar-refractivity contribution in [2.75, 3.05) is 5.75 Å². The number of benzene rings is 2. The van der Waals surface area contributed by atoms with Crippen LogP contribution < -0.4 is 10.9 Å². The first-order valence-electron chi connectivity index (χ1n) is 9.36. The third-order valence-electron chi connectivity index (χ3n) is 4.57. The van der Waals surface area contributed by atoms with Crippen molar-refractivity contribution in [2.24, 2.45) is 0 Å². The van der Waals surface area contributed by atoms with Crippen molar-refractivity contribution in [3.63, 3.8) is 0 Å². The van der Waals surface area contributed by atoms with Crippen LogP contribution in [0.3, 0.4) is 0 Å². The highest BCUT2D eigenvalue weighted by Crippen LogP contribution is 2.24. The molecular formula is C22H17Cl2N3O3S. The van der Waals surface area contributed by atoms with E-state index in [1.165, 1.54) is 4.57 Å². The fourth-order valence-corrected chi connectivity index (χ4v) is 4.19. The van der Waals surface area contributed by atoms with Crippen LogP contribution in [0.4, 0.5) is 0 Å². The number of rotatable bonds is 6. The maximum atomic E-state index is 13.2. The zero-order chi connectivity index (χ0) is 22.0. The highest BCUT2D eigenvalue weighted by atomic mass is 35.5. The van der Waals surface area contributed by atoms with E-state index in [-0.39, 0.29) is 23.3 Å². The minimum absolute atomic E-state index is 0.0666. The Morgan fingerprint density at radius 1 is 1.16 bits per heavy atom. The molecule has 4 aromatic rings. The summed E-state index contributed by atoms with van der Waals surface area (Å²) < 4.78 is 6.79. The summed E-state index contributed by atoms with van der Waals surface area (Å²) in [7, 11) is 0. The van der Waals surface area contributed by atoms with Gasteiger partial charge in [0.2, 0.25) is 5.91 Å². The van der Waals surface area contributed by atoms with Crippen LogP contribution in [0.2, 0.25) is 10.0 Å². The minimum Gasteiger partial charge on any atom is -0.467 e. The molecule has 0 aliphatic heterocycles. The van der Waals surface area contributed by atoms with Gasteiger partial charge in [-0.25, -0.2) is 4.98 Å². The van der Waals surface area contributed by atoms with Crippen molar-refractivity contribution >= 4 is 51.8 Å². The van der Waals surface area contributed by atoms with Crippen LogP contribution in [-0.4, -0.2) is 21.2 Å². The van der Waals surface area contributed by atoms with Crippen LogP contribution in [0, 0.1) is 0 Å². The topological polar surface area (TPSA) is 77.1 Å². The van der Waals surface area contributed by atoms with Gasteiger partial charge in [0.25, 0.3) is 5.56 Å². The van der Waals surface area contributed by atoms with Crippen LogP contribution in [-0.2, 0) is 4.79 Å². The summed E-state index contributed by atoms with van der Waals surface area (Å²) >= 11 is 13.3. The van der Waals surface area contributed by atoms with Crippen LogP contribution in [0.25, 0.3) is 16.6 Å². The summed E-state index contributed by atoms with van der Waals surface area (Å²) in [6, 6.07) is 15.1. The van der Waals surface area contributed by atoms with Gasteiger partial charge in [-0.2, -0.15) is 0 Å². The van der Waals surface area contributed by atoms with E-state index in [1.807, 2.05) is 6.92 Å². The summed E-state index contributed by atoms with van der Waals surface area (Å²) in [4.78, 5) is 30.3. The highest BCUT2D eigenvalue weighted by Gasteiger charge is 2.17. The number of carbonyl (C=O) groups is 1. The molecule has 0 radical (unpaired) electrons. The smallest absolute Gasteiger partial charge is 0.266 e. The van der Waals surface area contributed by atoms with Gasteiger partial charge in [0, 0.05) is 10.0 Å². The molecule has 0 saturated heterocycles. The molecule has 6 nitrogen and oxygen atoms in total. The predicted octanol–water partition coefficient (Wildman–Crippen LogP) is 5.26. The Hall–Kier alpha value is -2.74. The molecule has 0 aliphatic carbocycles. The van der Waals surface area contributed by atoms with Gasteiger partial charge in [0.1, 0.15) is 5.76 Å². The minimum atomic E-state index is -0.273. The number of nitrogens with one attached hydrogen (secondary N) is 1. The number of hydrogen-bond donors (Lipinski definition) is 1. The third-order valence-corrected chi connectivity index (χ3v) is 5.99. The Kier molecular flexibility index (Phi) is 6.36. The number of amides is 1. The molecule has 0 spiro atoms. The Balaban J connectivity index is 1.66. The molecule has 0 fully saturated rings. The maximum Gasteiger partial charge on any atom is 0.266 e. The van der Waals surface area contributed by atoms with Crippen molar-refractivity contribution in [2.45, 2.75) is 18.1 Å². The second-order valence-electron chi connectivity index (χ2n) is 6.77. The van der Waals surface area contributed by atoms with E-state index in [4.69, 9.17) is 27.6 Å². The second-order valence-corrected chi connectivity index (χ2v) is 8.58. The number of nitrogens with zero attached hydrogens (tertiary/aromatic N) is 2. The summed E-state index contributed by atoms with van der Waals surface area (Å²) in [5.41, 5.74) is 0.816. The Morgan fingerprint density at radius 2 is 1.90 bits per heavy atom. The number of aromatic nitrogens is 2. The fraction of sp³-hybridized carbons (Fsp3) is 0.136. The molecule has 1 N–H and O–H groups in total. The number of halogens is 2. The van der Waals surface area contributed by atoms with Crippen molar-refractivity contribution < 1.29 is 9.21 Å². The van der Waals surface area contributed by atoms with Gasteiger partial charge in [-0.1, -0.05) is 35.0 Å². The molecule has 0 saturated carbocycles. The lowest BCUT2D eigenvalue weighted by atomic mass is 10.2. The van der Waals surface area contributed by atoms with Gasteiger partial charge in [0.15, 0.2) is 5.16 Å². The van der Waals surface area contributed by atoms with Crippen molar-refractivity contribution in [3.8, 4) is 5.69 Å². The molecule has 1 atom stereocenters. The number of hydrogen-bond acceptors (Lipinski definition) is 5. The molecule has 2 aromatic heterocycles. The molecule has 4 rings (SSSR count). The van der Waals surface area contributed by atoms with Crippen molar-refractivity contribution in [1.82, 2.24) is 14.9 Å². The van der Waals surface area contributed by atoms with E-state index in [2.05, 4.69) is 10.3 Å². The summed E-state index contributed by atoms with van der Waals surface area (Å²) in [6.07, 6.45) is 1.56. The van der Waals surface area contributed by atoms with E-state index in [9.17, 15) is 9.59 Å². The largest absolute Gasteiger partial charge is 0.467 e. The van der Waals surface area contributed by atoms with Crippen LogP contribution >= 0.6 is 35.0 Å². The molecule has 31 heavy (non-hydrogen) atoms. The predicted molar refractivity (Wildman–Crippen MR) is 123 cm³/mol. The quantitative estimate of drug-likeness (QED) is 0.305. The van der Waals surface area contributed by atoms with E-state index in [0.29, 0.717) is 37.6 Å². The Morgan fingerprint density at radius 3 is 2.61 bits per heavy atom. The monoisotopic (exact) mass is 473 g/mol. The van der Waals surface area contributed by atoms with Gasteiger partial charge in [-0.05, 0) is 61.5 Å². The van der Waals surface area contributed by atoms with Crippen LogP contribution in [0.1, 0.15) is 18.7 Å². The Bertz CT molecular complexity index is 1290. The summed E-state index contributed by atoms with van der Waals surface area (Å²) in [5.74, 6) is 0.517. The third kappa shape index (κ3) is 4.79. The average Bonchev–Trinajstić information content (AvgIpc) is 3.28. The lowest BCUT2D eigenvalue weighted by Gasteiger charge is -2.14. The summed E-state index contributed by atoms with van der Waals surface area (Å²) in [6.45, 7) is 1.83. The standard InChI is InChI=1S/C22H17Cl2N3O3S/c1-13(19-3-2-10-30-19)25-20(28)12-31-22-26-18-11-15(24)6-9-17(18)21(29)27(22)16-7-4-14(23)5-8-16/h2-11,13H,12H2,1H3,(H,25,28). The van der Waals surface area contributed by atoms with E-state index >= 15 is 0 Å².